The topological polar surface area (TPSA) is 75.2 Å². The molecule has 1 aromatic heterocycles. The highest BCUT2D eigenvalue weighted by Gasteiger charge is 2.20. The van der Waals surface area contributed by atoms with Gasteiger partial charge in [-0.05, 0) is 31.9 Å². The van der Waals surface area contributed by atoms with Crippen molar-refractivity contribution in [2.24, 2.45) is 0 Å². The molecule has 0 spiro atoms. The lowest BCUT2D eigenvalue weighted by molar-refractivity contribution is 0.600. The van der Waals surface area contributed by atoms with Gasteiger partial charge in [-0.3, -0.25) is 4.72 Å². The van der Waals surface area contributed by atoms with Crippen molar-refractivity contribution < 1.29 is 8.42 Å². The van der Waals surface area contributed by atoms with Gasteiger partial charge < -0.3 is 4.90 Å². The average Bonchev–Trinajstić information content (AvgIpc) is 2.36. The molecule has 0 saturated heterocycles. The van der Waals surface area contributed by atoms with Crippen molar-refractivity contribution in [3.05, 3.63) is 41.2 Å². The van der Waals surface area contributed by atoms with Crippen LogP contribution >= 0.6 is 0 Å². The zero-order valence-electron chi connectivity index (χ0n) is 13.4. The third kappa shape index (κ3) is 3.36. The van der Waals surface area contributed by atoms with Crippen molar-refractivity contribution in [2.45, 2.75) is 25.7 Å². The Morgan fingerprint density at radius 2 is 1.50 bits per heavy atom. The number of rotatable bonds is 4. The first-order valence-corrected chi connectivity index (χ1v) is 8.29. The lowest BCUT2D eigenvalue weighted by Crippen LogP contribution is -2.17. The number of hydrogen-bond acceptors (Lipinski definition) is 5. The Labute approximate surface area is 131 Å². The number of sulfonamides is 1. The van der Waals surface area contributed by atoms with Gasteiger partial charge in [-0.15, -0.1) is 0 Å². The van der Waals surface area contributed by atoms with E-state index in [0.29, 0.717) is 16.5 Å². The zero-order valence-corrected chi connectivity index (χ0v) is 14.2. The van der Waals surface area contributed by atoms with E-state index in [1.807, 2.05) is 33.2 Å². The van der Waals surface area contributed by atoms with Gasteiger partial charge in [-0.2, -0.15) is 0 Å². The van der Waals surface area contributed by atoms with Crippen LogP contribution < -0.4 is 9.62 Å². The van der Waals surface area contributed by atoms with Crippen LogP contribution in [0.4, 0.5) is 11.6 Å². The molecule has 1 heterocycles. The smallest absolute Gasteiger partial charge is 0.262 e. The lowest BCUT2D eigenvalue weighted by Gasteiger charge is -2.14. The molecule has 1 aromatic carbocycles. The molecule has 0 atom stereocenters. The first kappa shape index (κ1) is 16.2. The minimum atomic E-state index is -3.67. The van der Waals surface area contributed by atoms with Crippen LogP contribution in [0.5, 0.6) is 0 Å². The third-order valence-corrected chi connectivity index (χ3v) is 4.85. The van der Waals surface area contributed by atoms with E-state index in [0.717, 1.165) is 16.7 Å². The predicted molar refractivity (Wildman–Crippen MR) is 87.8 cm³/mol. The SMILES string of the molecule is Cc1cc(C)c(S(=O)(=O)Nc2cnc(N(C)C)nc2)c(C)c1. The number of aryl methyl sites for hydroxylation is 3. The molecule has 0 fully saturated rings. The summed E-state index contributed by atoms with van der Waals surface area (Å²) in [7, 11) is -0.0328. The number of nitrogens with one attached hydrogen (secondary N) is 1. The zero-order chi connectivity index (χ0) is 16.5. The molecule has 0 amide bonds. The van der Waals surface area contributed by atoms with Crippen molar-refractivity contribution in [1.29, 1.82) is 0 Å². The second-order valence-corrected chi connectivity index (χ2v) is 7.12. The molecular formula is C15H20N4O2S. The summed E-state index contributed by atoms with van der Waals surface area (Å²) in [4.78, 5) is 10.2. The molecule has 0 aliphatic carbocycles. The maximum atomic E-state index is 12.6. The number of anilines is 2. The summed E-state index contributed by atoms with van der Waals surface area (Å²) in [5, 5.41) is 0. The van der Waals surface area contributed by atoms with E-state index in [9.17, 15) is 8.42 Å². The van der Waals surface area contributed by atoms with Gasteiger partial charge in [0, 0.05) is 14.1 Å². The Morgan fingerprint density at radius 1 is 1.00 bits per heavy atom. The molecule has 0 aliphatic rings. The fraction of sp³-hybridized carbons (Fsp3) is 0.333. The van der Waals surface area contributed by atoms with E-state index in [-0.39, 0.29) is 0 Å². The molecule has 22 heavy (non-hydrogen) atoms. The molecule has 0 bridgehead atoms. The van der Waals surface area contributed by atoms with Crippen LogP contribution in [0.2, 0.25) is 0 Å². The maximum Gasteiger partial charge on any atom is 0.262 e. The summed E-state index contributed by atoms with van der Waals surface area (Å²) in [5.41, 5.74) is 2.81. The lowest BCUT2D eigenvalue weighted by atomic mass is 10.1. The van der Waals surface area contributed by atoms with E-state index >= 15 is 0 Å². The van der Waals surface area contributed by atoms with E-state index in [4.69, 9.17) is 0 Å². The van der Waals surface area contributed by atoms with Gasteiger partial charge in [-0.1, -0.05) is 17.7 Å². The van der Waals surface area contributed by atoms with Crippen LogP contribution in [0, 0.1) is 20.8 Å². The van der Waals surface area contributed by atoms with Crippen molar-refractivity contribution in [3.63, 3.8) is 0 Å². The molecule has 118 valence electrons. The standard InChI is InChI=1S/C15H20N4O2S/c1-10-6-11(2)14(12(3)7-10)22(20,21)18-13-8-16-15(17-9-13)19(4)5/h6-9,18H,1-5H3. The summed E-state index contributed by atoms with van der Waals surface area (Å²) >= 11 is 0. The molecule has 6 nitrogen and oxygen atoms in total. The first-order valence-electron chi connectivity index (χ1n) is 6.81. The van der Waals surface area contributed by atoms with Crippen molar-refractivity contribution in [2.75, 3.05) is 23.7 Å². The Morgan fingerprint density at radius 3 is 1.95 bits per heavy atom. The normalized spacial score (nSPS) is 11.3. The van der Waals surface area contributed by atoms with E-state index < -0.39 is 10.0 Å². The minimum Gasteiger partial charge on any atom is -0.347 e. The van der Waals surface area contributed by atoms with Gasteiger partial charge in [0.1, 0.15) is 0 Å². The summed E-state index contributed by atoms with van der Waals surface area (Å²) in [6.45, 7) is 5.53. The van der Waals surface area contributed by atoms with Crippen molar-refractivity contribution >= 4 is 21.7 Å². The minimum absolute atomic E-state index is 0.301. The Hall–Kier alpha value is -2.15. The summed E-state index contributed by atoms with van der Waals surface area (Å²) in [6, 6.07) is 3.71. The van der Waals surface area contributed by atoms with Gasteiger partial charge in [0.05, 0.1) is 23.0 Å². The molecule has 7 heteroatoms. The van der Waals surface area contributed by atoms with Crippen LogP contribution in [0.1, 0.15) is 16.7 Å². The van der Waals surface area contributed by atoms with Crippen LogP contribution in [0.25, 0.3) is 0 Å². The Balaban J connectivity index is 2.36. The largest absolute Gasteiger partial charge is 0.347 e. The molecule has 0 saturated carbocycles. The summed E-state index contributed by atoms with van der Waals surface area (Å²) in [5.74, 6) is 0.519. The average molecular weight is 320 g/mol. The highest BCUT2D eigenvalue weighted by molar-refractivity contribution is 7.92. The second-order valence-electron chi connectivity index (χ2n) is 5.50. The molecule has 2 rings (SSSR count). The molecule has 1 N–H and O–H groups in total. The fourth-order valence-corrected chi connectivity index (χ4v) is 3.89. The maximum absolute atomic E-state index is 12.6. The third-order valence-electron chi connectivity index (χ3n) is 3.16. The second kappa shape index (κ2) is 5.92. The number of benzene rings is 1. The highest BCUT2D eigenvalue weighted by Crippen LogP contribution is 2.24. The Bertz CT molecular complexity index is 761. The quantitative estimate of drug-likeness (QED) is 0.935. The van der Waals surface area contributed by atoms with Crippen LogP contribution in [-0.4, -0.2) is 32.5 Å². The van der Waals surface area contributed by atoms with Crippen LogP contribution in [0.15, 0.2) is 29.4 Å². The molecule has 0 aliphatic heterocycles. The van der Waals surface area contributed by atoms with Gasteiger partial charge in [0.15, 0.2) is 0 Å². The molecule has 0 unspecified atom stereocenters. The summed E-state index contributed by atoms with van der Waals surface area (Å²) < 4.78 is 27.7. The van der Waals surface area contributed by atoms with E-state index in [1.54, 1.807) is 18.7 Å². The highest BCUT2D eigenvalue weighted by atomic mass is 32.2. The van der Waals surface area contributed by atoms with Crippen molar-refractivity contribution in [1.82, 2.24) is 9.97 Å². The molecular weight excluding hydrogens is 300 g/mol. The first-order chi connectivity index (χ1) is 10.2. The fourth-order valence-electron chi connectivity index (χ4n) is 2.40. The van der Waals surface area contributed by atoms with Gasteiger partial charge in [-0.25, -0.2) is 18.4 Å². The number of hydrogen-bond donors (Lipinski definition) is 1. The van der Waals surface area contributed by atoms with Gasteiger partial charge in [0.25, 0.3) is 10.0 Å². The van der Waals surface area contributed by atoms with E-state index in [2.05, 4.69) is 14.7 Å². The molecule has 0 radical (unpaired) electrons. The number of aromatic nitrogens is 2. The van der Waals surface area contributed by atoms with Crippen LogP contribution in [-0.2, 0) is 10.0 Å². The number of nitrogens with zero attached hydrogens (tertiary/aromatic N) is 3. The van der Waals surface area contributed by atoms with Crippen molar-refractivity contribution in [3.8, 4) is 0 Å². The van der Waals surface area contributed by atoms with E-state index in [1.165, 1.54) is 12.4 Å². The van der Waals surface area contributed by atoms with Crippen LogP contribution in [0.3, 0.4) is 0 Å². The van der Waals surface area contributed by atoms with Gasteiger partial charge >= 0.3 is 0 Å². The predicted octanol–water partition coefficient (Wildman–Crippen LogP) is 2.27. The van der Waals surface area contributed by atoms with Gasteiger partial charge in [0.2, 0.25) is 5.95 Å². The molecule has 2 aromatic rings. The Kier molecular flexibility index (Phi) is 4.37. The summed E-state index contributed by atoms with van der Waals surface area (Å²) in [6.07, 6.45) is 2.91. The monoisotopic (exact) mass is 320 g/mol.